The van der Waals surface area contributed by atoms with Crippen molar-refractivity contribution in [3.63, 3.8) is 0 Å². The van der Waals surface area contributed by atoms with E-state index in [1.807, 2.05) is 0 Å². The first-order valence-corrected chi connectivity index (χ1v) is 3.70. The van der Waals surface area contributed by atoms with E-state index in [0.29, 0.717) is 0 Å². The lowest BCUT2D eigenvalue weighted by molar-refractivity contribution is -0.0833. The second-order valence-corrected chi connectivity index (χ2v) is 3.38. The molecule has 0 aromatic rings. The Balaban J connectivity index is 2.02. The fourth-order valence-electron chi connectivity index (χ4n) is 2.15. The van der Waals surface area contributed by atoms with Crippen LogP contribution in [-0.2, 0) is 0 Å². The Labute approximate surface area is 56.2 Å². The predicted molar refractivity (Wildman–Crippen MR) is 37.4 cm³/mol. The highest BCUT2D eigenvalue weighted by atomic mass is 15.4. The summed E-state index contributed by atoms with van der Waals surface area (Å²) in [6, 6.07) is 3.16. The molecule has 2 nitrogen and oxygen atoms in total. The molecule has 0 spiro atoms. The van der Waals surface area contributed by atoms with Crippen molar-refractivity contribution >= 4 is 0 Å². The Hall–Kier alpha value is -0.0800. The number of piperazine rings is 1. The third kappa shape index (κ3) is 0.485. The number of fused-ring (bicyclic) bond motifs is 1. The molecule has 0 aliphatic carbocycles. The highest BCUT2D eigenvalue weighted by molar-refractivity contribution is 5.14. The van der Waals surface area contributed by atoms with E-state index < -0.39 is 0 Å². The number of hydrogen-bond donors (Lipinski definition) is 1. The summed E-state index contributed by atoms with van der Waals surface area (Å²) < 4.78 is 0. The van der Waals surface area contributed by atoms with E-state index in [9.17, 15) is 0 Å². The van der Waals surface area contributed by atoms with Gasteiger partial charge in [0.15, 0.2) is 0 Å². The van der Waals surface area contributed by atoms with Gasteiger partial charge in [-0.15, -0.1) is 0 Å². The molecule has 4 unspecified atom stereocenters. The van der Waals surface area contributed by atoms with Gasteiger partial charge in [0.1, 0.15) is 0 Å². The molecule has 2 aliphatic heterocycles. The third-order valence-electron chi connectivity index (χ3n) is 2.97. The van der Waals surface area contributed by atoms with E-state index in [2.05, 4.69) is 31.1 Å². The lowest BCUT2D eigenvalue weighted by atomic mass is 9.76. The van der Waals surface area contributed by atoms with Gasteiger partial charge in [0, 0.05) is 24.2 Å². The molecular formula is C7H14N2. The Morgan fingerprint density at radius 1 is 1.33 bits per heavy atom. The van der Waals surface area contributed by atoms with E-state index in [0.717, 1.165) is 24.2 Å². The summed E-state index contributed by atoms with van der Waals surface area (Å²) in [6.45, 7) is 4.53. The summed E-state index contributed by atoms with van der Waals surface area (Å²) in [5, 5.41) is 3.48. The molecule has 0 aromatic carbocycles. The van der Waals surface area contributed by atoms with Gasteiger partial charge in [-0.25, -0.2) is 0 Å². The highest BCUT2D eigenvalue weighted by Crippen LogP contribution is 2.33. The van der Waals surface area contributed by atoms with E-state index in [-0.39, 0.29) is 0 Å². The van der Waals surface area contributed by atoms with Crippen molar-refractivity contribution in [2.24, 2.45) is 0 Å². The standard InChI is InChI=1S/C7H14N2/c1-4-7-6(8-4)5(2)9(7)3/h4-8H,1-3H3. The highest BCUT2D eigenvalue weighted by Gasteiger charge is 2.53. The van der Waals surface area contributed by atoms with Crippen LogP contribution in [0.2, 0.25) is 0 Å². The SMILES string of the molecule is CC1NC2C(C)N(C)C12. The molecule has 9 heavy (non-hydrogen) atoms. The largest absolute Gasteiger partial charge is 0.307 e. The quantitative estimate of drug-likeness (QED) is 0.493. The monoisotopic (exact) mass is 126 g/mol. The molecule has 2 aliphatic rings. The first kappa shape index (κ1) is 5.69. The van der Waals surface area contributed by atoms with Gasteiger partial charge >= 0.3 is 0 Å². The minimum atomic E-state index is 0.733. The van der Waals surface area contributed by atoms with Crippen LogP contribution in [0.3, 0.4) is 0 Å². The van der Waals surface area contributed by atoms with Crippen molar-refractivity contribution in [3.8, 4) is 0 Å². The molecule has 4 atom stereocenters. The van der Waals surface area contributed by atoms with Crippen LogP contribution < -0.4 is 5.32 Å². The normalized spacial score (nSPS) is 57.7. The van der Waals surface area contributed by atoms with Crippen LogP contribution in [0.15, 0.2) is 0 Å². The summed E-state index contributed by atoms with van der Waals surface area (Å²) in [6.07, 6.45) is 0. The number of rotatable bonds is 0. The van der Waals surface area contributed by atoms with Crippen LogP contribution >= 0.6 is 0 Å². The van der Waals surface area contributed by atoms with Crippen LogP contribution in [0.4, 0.5) is 0 Å². The maximum atomic E-state index is 3.48. The van der Waals surface area contributed by atoms with Gasteiger partial charge < -0.3 is 5.32 Å². The van der Waals surface area contributed by atoms with Gasteiger partial charge in [0.05, 0.1) is 0 Å². The Bertz CT molecular complexity index is 129. The molecule has 1 N–H and O–H groups in total. The zero-order chi connectivity index (χ0) is 6.59. The minimum Gasteiger partial charge on any atom is -0.307 e. The Kier molecular flexibility index (Phi) is 0.945. The Morgan fingerprint density at radius 2 is 2.00 bits per heavy atom. The van der Waals surface area contributed by atoms with Crippen LogP contribution in [-0.4, -0.2) is 36.1 Å². The van der Waals surface area contributed by atoms with Gasteiger partial charge in [-0.2, -0.15) is 0 Å². The molecule has 52 valence electrons. The van der Waals surface area contributed by atoms with E-state index in [1.54, 1.807) is 0 Å². The van der Waals surface area contributed by atoms with Crippen LogP contribution in [0.25, 0.3) is 0 Å². The zero-order valence-corrected chi connectivity index (χ0v) is 6.26. The van der Waals surface area contributed by atoms with Crippen molar-refractivity contribution in [2.45, 2.75) is 38.0 Å². The molecular weight excluding hydrogens is 112 g/mol. The molecule has 2 fully saturated rings. The fraction of sp³-hybridized carbons (Fsp3) is 1.00. The topological polar surface area (TPSA) is 15.3 Å². The first-order valence-electron chi connectivity index (χ1n) is 3.70. The second-order valence-electron chi connectivity index (χ2n) is 3.38. The van der Waals surface area contributed by atoms with Crippen LogP contribution in [0.5, 0.6) is 0 Å². The van der Waals surface area contributed by atoms with Crippen LogP contribution in [0.1, 0.15) is 13.8 Å². The maximum absolute atomic E-state index is 3.48. The third-order valence-corrected chi connectivity index (χ3v) is 2.97. The summed E-state index contributed by atoms with van der Waals surface area (Å²) in [5.74, 6) is 0. The van der Waals surface area contributed by atoms with Gasteiger partial charge in [-0.05, 0) is 20.9 Å². The van der Waals surface area contributed by atoms with Crippen molar-refractivity contribution < 1.29 is 0 Å². The number of likely N-dealkylation sites (N-methyl/N-ethyl adjacent to an activating group) is 1. The number of likely N-dealkylation sites (tertiary alicyclic amines) is 1. The van der Waals surface area contributed by atoms with Gasteiger partial charge in [-0.3, -0.25) is 4.90 Å². The van der Waals surface area contributed by atoms with E-state index in [1.165, 1.54) is 0 Å². The zero-order valence-electron chi connectivity index (χ0n) is 6.26. The second kappa shape index (κ2) is 1.50. The van der Waals surface area contributed by atoms with E-state index in [4.69, 9.17) is 0 Å². The molecule has 2 saturated heterocycles. The molecule has 0 bridgehead atoms. The van der Waals surface area contributed by atoms with Crippen molar-refractivity contribution in [1.29, 1.82) is 0 Å². The number of hydrogen-bond acceptors (Lipinski definition) is 2. The van der Waals surface area contributed by atoms with Gasteiger partial charge in [0.25, 0.3) is 0 Å². The van der Waals surface area contributed by atoms with Crippen molar-refractivity contribution in [2.75, 3.05) is 7.05 Å². The predicted octanol–water partition coefficient (Wildman–Crippen LogP) is 0.0492. The number of nitrogens with one attached hydrogen (secondary N) is 1. The lowest BCUT2D eigenvalue weighted by Gasteiger charge is -2.63. The average molecular weight is 126 g/mol. The summed E-state index contributed by atoms with van der Waals surface area (Å²) in [7, 11) is 2.21. The van der Waals surface area contributed by atoms with E-state index >= 15 is 0 Å². The van der Waals surface area contributed by atoms with Crippen molar-refractivity contribution in [1.82, 2.24) is 10.2 Å². The molecule has 2 heterocycles. The van der Waals surface area contributed by atoms with Crippen molar-refractivity contribution in [3.05, 3.63) is 0 Å². The molecule has 0 aromatic heterocycles. The minimum absolute atomic E-state index is 0.733. The maximum Gasteiger partial charge on any atom is 0.0415 e. The summed E-state index contributed by atoms with van der Waals surface area (Å²) in [4.78, 5) is 2.45. The molecule has 2 heteroatoms. The number of nitrogens with zero attached hydrogens (tertiary/aromatic N) is 1. The summed E-state index contributed by atoms with van der Waals surface area (Å²) >= 11 is 0. The molecule has 0 amide bonds. The Morgan fingerprint density at radius 3 is 2.33 bits per heavy atom. The van der Waals surface area contributed by atoms with Gasteiger partial charge in [-0.1, -0.05) is 0 Å². The smallest absolute Gasteiger partial charge is 0.0415 e. The molecule has 0 saturated carbocycles. The first-order chi connectivity index (χ1) is 4.22. The lowest BCUT2D eigenvalue weighted by Crippen LogP contribution is -2.84. The molecule has 2 rings (SSSR count). The summed E-state index contributed by atoms with van der Waals surface area (Å²) in [5.41, 5.74) is 0. The fourth-order valence-corrected chi connectivity index (χ4v) is 2.15. The van der Waals surface area contributed by atoms with Gasteiger partial charge in [0.2, 0.25) is 0 Å². The molecule has 0 radical (unpaired) electrons. The average Bonchev–Trinajstić information content (AvgIpc) is 1.81. The van der Waals surface area contributed by atoms with Crippen LogP contribution in [0, 0.1) is 0 Å².